The summed E-state index contributed by atoms with van der Waals surface area (Å²) >= 11 is 1.60. The van der Waals surface area contributed by atoms with E-state index in [4.69, 9.17) is 24.1 Å². The van der Waals surface area contributed by atoms with Crippen LogP contribution in [0.5, 0.6) is 0 Å². The number of amides is 1. The molecule has 2 N–H and O–H groups in total. The molecule has 2 aromatic rings. The molecule has 34 heavy (non-hydrogen) atoms. The van der Waals surface area contributed by atoms with Crippen molar-refractivity contribution < 1.29 is 33.2 Å². The van der Waals surface area contributed by atoms with E-state index in [2.05, 4.69) is 10.7 Å². The molecule has 0 spiro atoms. The van der Waals surface area contributed by atoms with Crippen molar-refractivity contribution in [3.05, 3.63) is 69.9 Å². The Balaban J connectivity index is 1.67. The molecule has 1 aromatic carbocycles. The normalized spacial score (nSPS) is 20.0. The number of rotatable bonds is 14. The van der Waals surface area contributed by atoms with Crippen molar-refractivity contribution in [3.63, 3.8) is 0 Å². The maximum Gasteiger partial charge on any atom is 0.286 e. The Morgan fingerprint density at radius 2 is 1.91 bits per heavy atom. The molecule has 0 aliphatic carbocycles. The zero-order valence-electron chi connectivity index (χ0n) is 19.3. The molecule has 0 saturated heterocycles. The number of aliphatic hydroxyl groups excluding tert-OH is 1. The SMILES string of the molecule is CCO[C@H]1OC(C(=O)NCc2ccc(F)cc2)=C[C@@H](c2ccsc2)[C@H]1CCOCCOCCO. The number of thiophene rings is 1. The number of hydrogen-bond acceptors (Lipinski definition) is 7. The van der Waals surface area contributed by atoms with Crippen LogP contribution in [0.1, 0.15) is 30.4 Å². The Kier molecular flexibility index (Phi) is 11.0. The molecular formula is C25H32FNO6S. The Hall–Kier alpha value is -2.30. The van der Waals surface area contributed by atoms with Crippen molar-refractivity contribution in [2.45, 2.75) is 32.1 Å². The number of allylic oxidation sites excluding steroid dienone is 1. The van der Waals surface area contributed by atoms with Gasteiger partial charge in [-0.25, -0.2) is 4.39 Å². The van der Waals surface area contributed by atoms with Crippen molar-refractivity contribution in [2.24, 2.45) is 5.92 Å². The van der Waals surface area contributed by atoms with Gasteiger partial charge in [0.05, 0.1) is 26.4 Å². The van der Waals surface area contributed by atoms with Crippen LogP contribution in [0.4, 0.5) is 4.39 Å². The third-order valence-corrected chi connectivity index (χ3v) is 6.14. The van der Waals surface area contributed by atoms with E-state index in [1.54, 1.807) is 23.5 Å². The highest BCUT2D eigenvalue weighted by atomic mass is 32.1. The van der Waals surface area contributed by atoms with E-state index in [-0.39, 0.29) is 42.5 Å². The number of benzene rings is 1. The maximum atomic E-state index is 13.1. The third kappa shape index (κ3) is 7.89. The molecule has 1 amide bonds. The molecule has 9 heteroatoms. The molecule has 2 heterocycles. The summed E-state index contributed by atoms with van der Waals surface area (Å²) in [5, 5.41) is 15.7. The standard InChI is InChI=1S/C25H32FNO6S/c1-2-32-25-21(7-10-30-12-13-31-11-9-28)22(19-8-14-34-17-19)15-23(33-25)24(29)27-16-18-3-5-20(26)6-4-18/h3-6,8,14-15,17,21-22,25,28H,2,7,9-13,16H2,1H3,(H,27,29)/t21-,22+,25+/m1/s1. The van der Waals surface area contributed by atoms with Gasteiger partial charge < -0.3 is 29.4 Å². The van der Waals surface area contributed by atoms with Gasteiger partial charge in [0.1, 0.15) is 5.82 Å². The molecule has 3 rings (SSSR count). The fourth-order valence-electron chi connectivity index (χ4n) is 3.76. The van der Waals surface area contributed by atoms with Gasteiger partial charge in [-0.2, -0.15) is 11.3 Å². The summed E-state index contributed by atoms with van der Waals surface area (Å²) in [6.45, 7) is 4.22. The van der Waals surface area contributed by atoms with Crippen molar-refractivity contribution in [1.82, 2.24) is 5.32 Å². The van der Waals surface area contributed by atoms with Crippen LogP contribution < -0.4 is 5.32 Å². The molecule has 0 unspecified atom stereocenters. The first-order valence-corrected chi connectivity index (χ1v) is 12.4. The van der Waals surface area contributed by atoms with Crippen LogP contribution in [0.25, 0.3) is 0 Å². The van der Waals surface area contributed by atoms with Gasteiger partial charge in [0, 0.05) is 31.6 Å². The molecule has 1 aliphatic heterocycles. The maximum absolute atomic E-state index is 13.1. The molecule has 1 aromatic heterocycles. The van der Waals surface area contributed by atoms with Gasteiger partial charge >= 0.3 is 0 Å². The molecule has 0 fully saturated rings. The second-order valence-electron chi connectivity index (χ2n) is 7.76. The molecule has 7 nitrogen and oxygen atoms in total. The van der Waals surface area contributed by atoms with Gasteiger partial charge in [-0.1, -0.05) is 12.1 Å². The molecule has 186 valence electrons. The van der Waals surface area contributed by atoms with Gasteiger partial charge in [0.15, 0.2) is 5.76 Å². The highest BCUT2D eigenvalue weighted by molar-refractivity contribution is 7.08. The number of hydrogen-bond donors (Lipinski definition) is 2. The van der Waals surface area contributed by atoms with Gasteiger partial charge in [-0.3, -0.25) is 4.79 Å². The van der Waals surface area contributed by atoms with Crippen LogP contribution in [-0.4, -0.2) is 56.9 Å². The summed E-state index contributed by atoms with van der Waals surface area (Å²) in [5.41, 5.74) is 1.89. The summed E-state index contributed by atoms with van der Waals surface area (Å²) in [5.74, 6) is -0.561. The highest BCUT2D eigenvalue weighted by Crippen LogP contribution is 2.39. The molecule has 3 atom stereocenters. The van der Waals surface area contributed by atoms with Crippen molar-refractivity contribution >= 4 is 17.2 Å². The van der Waals surface area contributed by atoms with Crippen LogP contribution in [0.3, 0.4) is 0 Å². The lowest BCUT2D eigenvalue weighted by Gasteiger charge is -2.36. The second kappa shape index (κ2) is 14.2. The first-order valence-electron chi connectivity index (χ1n) is 11.4. The predicted molar refractivity (Wildman–Crippen MR) is 127 cm³/mol. The molecule has 1 aliphatic rings. The minimum absolute atomic E-state index is 0.0100. The number of nitrogens with one attached hydrogen (secondary N) is 1. The Morgan fingerprint density at radius 1 is 1.15 bits per heavy atom. The lowest BCUT2D eigenvalue weighted by atomic mass is 9.82. The Bertz CT molecular complexity index is 889. The number of carbonyl (C=O) groups is 1. The fraction of sp³-hybridized carbons (Fsp3) is 0.480. The lowest BCUT2D eigenvalue weighted by Crippen LogP contribution is -2.39. The molecule has 0 bridgehead atoms. The van der Waals surface area contributed by atoms with E-state index in [1.807, 2.05) is 24.4 Å². The van der Waals surface area contributed by atoms with Gasteiger partial charge in [-0.05, 0) is 59.5 Å². The van der Waals surface area contributed by atoms with Crippen molar-refractivity contribution in [3.8, 4) is 0 Å². The van der Waals surface area contributed by atoms with Crippen LogP contribution in [0.15, 0.2) is 52.9 Å². The monoisotopic (exact) mass is 493 g/mol. The van der Waals surface area contributed by atoms with Gasteiger partial charge in [0.2, 0.25) is 6.29 Å². The first kappa shape index (κ1) is 26.3. The minimum Gasteiger partial charge on any atom is -0.459 e. The van der Waals surface area contributed by atoms with Crippen LogP contribution in [-0.2, 0) is 30.3 Å². The first-order chi connectivity index (χ1) is 16.6. The Labute approximate surface area is 203 Å². The summed E-state index contributed by atoms with van der Waals surface area (Å²) in [7, 11) is 0. The number of halogens is 1. The second-order valence-corrected chi connectivity index (χ2v) is 8.55. The van der Waals surface area contributed by atoms with Crippen molar-refractivity contribution in [1.29, 1.82) is 0 Å². The summed E-state index contributed by atoms with van der Waals surface area (Å²) in [6, 6.07) is 8.04. The van der Waals surface area contributed by atoms with E-state index in [0.29, 0.717) is 39.5 Å². The summed E-state index contributed by atoms with van der Waals surface area (Å²) < 4.78 is 36.0. The predicted octanol–water partition coefficient (Wildman–Crippen LogP) is 3.60. The van der Waals surface area contributed by atoms with E-state index >= 15 is 0 Å². The number of ether oxygens (including phenoxy) is 4. The molecule has 0 saturated carbocycles. The fourth-order valence-corrected chi connectivity index (χ4v) is 4.47. The van der Waals surface area contributed by atoms with Crippen LogP contribution >= 0.6 is 11.3 Å². The third-order valence-electron chi connectivity index (χ3n) is 5.44. The smallest absolute Gasteiger partial charge is 0.286 e. The zero-order valence-corrected chi connectivity index (χ0v) is 20.1. The largest absolute Gasteiger partial charge is 0.459 e. The highest BCUT2D eigenvalue weighted by Gasteiger charge is 2.38. The van der Waals surface area contributed by atoms with Gasteiger partial charge in [-0.15, -0.1) is 0 Å². The average molecular weight is 494 g/mol. The number of aliphatic hydroxyl groups is 1. The topological polar surface area (TPSA) is 86.3 Å². The molecule has 0 radical (unpaired) electrons. The van der Waals surface area contributed by atoms with E-state index in [1.165, 1.54) is 12.1 Å². The minimum atomic E-state index is -0.597. The summed E-state index contributed by atoms with van der Waals surface area (Å²) in [4.78, 5) is 12.9. The average Bonchev–Trinajstić information content (AvgIpc) is 3.38. The van der Waals surface area contributed by atoms with E-state index in [0.717, 1.165) is 11.1 Å². The van der Waals surface area contributed by atoms with E-state index < -0.39 is 6.29 Å². The number of carbonyl (C=O) groups excluding carboxylic acids is 1. The van der Waals surface area contributed by atoms with E-state index in [9.17, 15) is 9.18 Å². The van der Waals surface area contributed by atoms with Gasteiger partial charge in [0.25, 0.3) is 5.91 Å². The Morgan fingerprint density at radius 3 is 2.59 bits per heavy atom. The zero-order chi connectivity index (χ0) is 24.2. The quantitative estimate of drug-likeness (QED) is 0.391. The van der Waals surface area contributed by atoms with Crippen molar-refractivity contribution in [2.75, 3.05) is 39.6 Å². The van der Waals surface area contributed by atoms with Crippen LogP contribution in [0, 0.1) is 11.7 Å². The lowest BCUT2D eigenvalue weighted by molar-refractivity contribution is -0.168. The van der Waals surface area contributed by atoms with Crippen LogP contribution in [0.2, 0.25) is 0 Å². The molecular weight excluding hydrogens is 461 g/mol. The summed E-state index contributed by atoms with van der Waals surface area (Å²) in [6.07, 6.45) is 1.93.